The fraction of sp³-hybridized carbons (Fsp3) is 0.125. The normalized spacial score (nSPS) is 11.7. The quantitative estimate of drug-likeness (QED) is 0.524. The molecule has 0 unspecified atom stereocenters. The van der Waals surface area contributed by atoms with Gasteiger partial charge in [-0.15, -0.1) is 0 Å². The number of halogens is 1. The first-order valence-electron chi connectivity index (χ1n) is 7.37. The maximum atomic E-state index is 13.1. The van der Waals surface area contributed by atoms with Gasteiger partial charge >= 0.3 is 0 Å². The lowest BCUT2D eigenvalue weighted by molar-refractivity contribution is -0.384. The molecular formula is C16H14ClN3O5S. The Labute approximate surface area is 153 Å². The standard InChI is InChI=1S/C16H14ClN3O5S/c1-25-15-4-2-3-13-16(15)10(8-18)9-19(13)26(23,24)11-5-6-12(17)14(7-11)20(21)22/h2-7,9H,8,18H2,1H3. The van der Waals surface area contributed by atoms with Gasteiger partial charge in [0, 0.05) is 24.2 Å². The lowest BCUT2D eigenvalue weighted by Crippen LogP contribution is -2.12. The summed E-state index contributed by atoms with van der Waals surface area (Å²) in [6.07, 6.45) is 1.39. The second kappa shape index (κ2) is 6.60. The molecule has 2 N–H and O–H groups in total. The number of nitrogens with zero attached hydrogens (tertiary/aromatic N) is 2. The fourth-order valence-corrected chi connectivity index (χ4v) is 4.32. The highest BCUT2D eigenvalue weighted by molar-refractivity contribution is 7.90. The number of benzene rings is 2. The van der Waals surface area contributed by atoms with E-state index in [0.717, 1.165) is 10.0 Å². The van der Waals surface area contributed by atoms with Crippen molar-refractivity contribution in [2.45, 2.75) is 11.4 Å². The van der Waals surface area contributed by atoms with Crippen LogP contribution in [0.4, 0.5) is 5.69 Å². The summed E-state index contributed by atoms with van der Waals surface area (Å²) in [4.78, 5) is 10.1. The zero-order valence-electron chi connectivity index (χ0n) is 13.5. The number of fused-ring (bicyclic) bond motifs is 1. The molecule has 26 heavy (non-hydrogen) atoms. The summed E-state index contributed by atoms with van der Waals surface area (Å²) in [6.45, 7) is 0.0974. The summed E-state index contributed by atoms with van der Waals surface area (Å²) in [5.74, 6) is 0.485. The van der Waals surface area contributed by atoms with Crippen LogP contribution in [0.3, 0.4) is 0 Å². The summed E-state index contributed by atoms with van der Waals surface area (Å²) in [7, 11) is -2.63. The first-order valence-corrected chi connectivity index (χ1v) is 9.19. The fourth-order valence-electron chi connectivity index (χ4n) is 2.73. The molecular weight excluding hydrogens is 382 g/mol. The van der Waals surface area contributed by atoms with Crippen LogP contribution in [0.15, 0.2) is 47.5 Å². The van der Waals surface area contributed by atoms with Gasteiger partial charge in [0.15, 0.2) is 0 Å². The van der Waals surface area contributed by atoms with Gasteiger partial charge in [-0.05, 0) is 29.8 Å². The zero-order chi connectivity index (χ0) is 19.1. The monoisotopic (exact) mass is 395 g/mol. The highest BCUT2D eigenvalue weighted by Gasteiger charge is 2.25. The topological polar surface area (TPSA) is 117 Å². The van der Waals surface area contributed by atoms with E-state index in [4.69, 9.17) is 22.1 Å². The molecule has 10 heteroatoms. The minimum atomic E-state index is -4.11. The molecule has 136 valence electrons. The predicted octanol–water partition coefficient (Wildman–Crippen LogP) is 2.91. The molecule has 0 saturated carbocycles. The second-order valence-corrected chi connectivity index (χ2v) is 7.61. The SMILES string of the molecule is COc1cccc2c1c(CN)cn2S(=O)(=O)c1ccc(Cl)c([N+](=O)[O-])c1. The molecule has 3 aromatic rings. The highest BCUT2D eigenvalue weighted by Crippen LogP contribution is 2.34. The van der Waals surface area contributed by atoms with E-state index in [0.29, 0.717) is 22.2 Å². The van der Waals surface area contributed by atoms with E-state index < -0.39 is 20.6 Å². The number of aromatic nitrogens is 1. The summed E-state index contributed by atoms with van der Waals surface area (Å²) < 4.78 is 32.5. The van der Waals surface area contributed by atoms with Gasteiger partial charge in [-0.2, -0.15) is 0 Å². The molecule has 1 heterocycles. The van der Waals surface area contributed by atoms with E-state index in [-0.39, 0.29) is 16.5 Å². The maximum absolute atomic E-state index is 13.1. The van der Waals surface area contributed by atoms with Crippen LogP contribution in [0.2, 0.25) is 5.02 Å². The average molecular weight is 396 g/mol. The smallest absolute Gasteiger partial charge is 0.289 e. The number of nitro groups is 1. The zero-order valence-corrected chi connectivity index (χ0v) is 15.1. The largest absolute Gasteiger partial charge is 0.496 e. The molecule has 0 bridgehead atoms. The van der Waals surface area contributed by atoms with Crippen LogP contribution >= 0.6 is 11.6 Å². The van der Waals surface area contributed by atoms with E-state index in [9.17, 15) is 18.5 Å². The predicted molar refractivity (Wildman–Crippen MR) is 97.1 cm³/mol. The van der Waals surface area contributed by atoms with Crippen molar-refractivity contribution >= 4 is 38.2 Å². The van der Waals surface area contributed by atoms with Gasteiger partial charge in [-0.1, -0.05) is 17.7 Å². The summed E-state index contributed by atoms with van der Waals surface area (Å²) >= 11 is 5.77. The van der Waals surface area contributed by atoms with Crippen molar-refractivity contribution in [3.05, 3.63) is 63.3 Å². The number of hydrogen-bond acceptors (Lipinski definition) is 6. The van der Waals surface area contributed by atoms with Gasteiger partial charge in [0.1, 0.15) is 10.8 Å². The molecule has 0 fully saturated rings. The van der Waals surface area contributed by atoms with Crippen molar-refractivity contribution in [2.75, 3.05) is 7.11 Å². The maximum Gasteiger partial charge on any atom is 0.289 e. The minimum absolute atomic E-state index is 0.0974. The third-order valence-corrected chi connectivity index (χ3v) is 5.94. The molecule has 8 nitrogen and oxygen atoms in total. The van der Waals surface area contributed by atoms with Crippen molar-refractivity contribution in [1.82, 2.24) is 3.97 Å². The van der Waals surface area contributed by atoms with Gasteiger partial charge < -0.3 is 10.5 Å². The van der Waals surface area contributed by atoms with Crippen LogP contribution in [0.25, 0.3) is 10.9 Å². The molecule has 0 radical (unpaired) electrons. The Kier molecular flexibility index (Phi) is 4.61. The van der Waals surface area contributed by atoms with Gasteiger partial charge in [0.25, 0.3) is 15.7 Å². The van der Waals surface area contributed by atoms with Crippen LogP contribution in [-0.4, -0.2) is 24.4 Å². The molecule has 0 saturated heterocycles. The Bertz CT molecular complexity index is 1120. The van der Waals surface area contributed by atoms with E-state index in [2.05, 4.69) is 0 Å². The van der Waals surface area contributed by atoms with Crippen molar-refractivity contribution in [3.8, 4) is 5.75 Å². The summed E-state index contributed by atoms with van der Waals surface area (Å²) in [5, 5.41) is 11.5. The summed E-state index contributed by atoms with van der Waals surface area (Å²) in [6, 6.07) is 8.30. The minimum Gasteiger partial charge on any atom is -0.496 e. The molecule has 0 aliphatic heterocycles. The van der Waals surface area contributed by atoms with Crippen molar-refractivity contribution in [3.63, 3.8) is 0 Å². The molecule has 0 aliphatic rings. The molecule has 0 atom stereocenters. The Morgan fingerprint density at radius 2 is 2.04 bits per heavy atom. The van der Waals surface area contributed by atoms with Crippen molar-refractivity contribution < 1.29 is 18.1 Å². The molecule has 1 aromatic heterocycles. The van der Waals surface area contributed by atoms with Gasteiger partial charge in [-0.3, -0.25) is 10.1 Å². The van der Waals surface area contributed by atoms with Gasteiger partial charge in [0.2, 0.25) is 0 Å². The number of rotatable bonds is 5. The van der Waals surface area contributed by atoms with Gasteiger partial charge in [-0.25, -0.2) is 12.4 Å². The lowest BCUT2D eigenvalue weighted by atomic mass is 10.1. The first kappa shape index (κ1) is 18.2. The van der Waals surface area contributed by atoms with Gasteiger partial charge in [0.05, 0.1) is 22.4 Å². The summed E-state index contributed by atoms with van der Waals surface area (Å²) in [5.41, 5.74) is 6.20. The highest BCUT2D eigenvalue weighted by atomic mass is 35.5. The van der Waals surface area contributed by atoms with Crippen LogP contribution in [-0.2, 0) is 16.6 Å². The van der Waals surface area contributed by atoms with Crippen molar-refractivity contribution in [1.29, 1.82) is 0 Å². The van der Waals surface area contributed by atoms with E-state index in [1.165, 1.54) is 25.4 Å². The van der Waals surface area contributed by atoms with E-state index in [1.54, 1.807) is 18.2 Å². The Morgan fingerprint density at radius 3 is 2.65 bits per heavy atom. The van der Waals surface area contributed by atoms with Crippen LogP contribution in [0.1, 0.15) is 5.56 Å². The van der Waals surface area contributed by atoms with Crippen LogP contribution in [0.5, 0.6) is 5.75 Å². The van der Waals surface area contributed by atoms with Crippen LogP contribution < -0.4 is 10.5 Å². The molecule has 0 amide bonds. The third-order valence-electron chi connectivity index (χ3n) is 3.95. The molecule has 0 aliphatic carbocycles. The number of ether oxygens (including phenoxy) is 1. The third kappa shape index (κ3) is 2.79. The number of methoxy groups -OCH3 is 1. The number of nitro benzene ring substituents is 1. The average Bonchev–Trinajstić information content (AvgIpc) is 3.01. The second-order valence-electron chi connectivity index (χ2n) is 5.38. The van der Waals surface area contributed by atoms with E-state index >= 15 is 0 Å². The number of hydrogen-bond donors (Lipinski definition) is 1. The molecule has 3 rings (SSSR count). The Hall–Kier alpha value is -2.62. The molecule has 2 aromatic carbocycles. The van der Waals surface area contributed by atoms with Crippen LogP contribution in [0, 0.1) is 10.1 Å². The van der Waals surface area contributed by atoms with E-state index in [1.807, 2.05) is 0 Å². The number of nitrogens with two attached hydrogens (primary N) is 1. The molecule has 0 spiro atoms. The lowest BCUT2D eigenvalue weighted by Gasteiger charge is -2.09. The Morgan fingerprint density at radius 1 is 1.31 bits per heavy atom. The first-order chi connectivity index (χ1) is 12.3. The van der Waals surface area contributed by atoms with Crippen molar-refractivity contribution in [2.24, 2.45) is 5.73 Å². The Balaban J connectivity index is 2.29.